The normalized spacial score (nSPS) is 18.7. The Kier molecular flexibility index (Phi) is 5.92. The van der Waals surface area contributed by atoms with Gasteiger partial charge in [-0.2, -0.15) is 4.98 Å². The second-order valence-electron chi connectivity index (χ2n) is 4.78. The van der Waals surface area contributed by atoms with Crippen molar-refractivity contribution >= 4 is 12.4 Å². The van der Waals surface area contributed by atoms with Gasteiger partial charge in [-0.1, -0.05) is 24.4 Å². The smallest absolute Gasteiger partial charge is 0.229 e. The first kappa shape index (κ1) is 14.5. The Labute approximate surface area is 109 Å². The molecule has 0 spiro atoms. The molecule has 1 atom stereocenters. The number of nitrogens with one attached hydrogen (secondary N) is 1. The van der Waals surface area contributed by atoms with Crippen LogP contribution in [0.1, 0.15) is 56.7 Å². The molecule has 1 aliphatic rings. The Bertz CT molecular complexity index is 323. The van der Waals surface area contributed by atoms with E-state index >= 15 is 0 Å². The lowest BCUT2D eigenvalue weighted by atomic mass is 9.89. The Balaban J connectivity index is 0.00000144. The van der Waals surface area contributed by atoms with Gasteiger partial charge in [0, 0.05) is 18.4 Å². The first-order valence-electron chi connectivity index (χ1n) is 6.29. The zero-order chi connectivity index (χ0) is 11.4. The van der Waals surface area contributed by atoms with Gasteiger partial charge in [0.25, 0.3) is 0 Å². The van der Waals surface area contributed by atoms with Crippen LogP contribution in [0.2, 0.25) is 0 Å². The minimum Gasteiger partial charge on any atom is -0.339 e. The molecular weight excluding hydrogens is 238 g/mol. The fraction of sp³-hybridized carbons (Fsp3) is 0.833. The van der Waals surface area contributed by atoms with E-state index in [-0.39, 0.29) is 12.4 Å². The van der Waals surface area contributed by atoms with Crippen LogP contribution in [0.15, 0.2) is 4.52 Å². The summed E-state index contributed by atoms with van der Waals surface area (Å²) in [6, 6.07) is 0.400. The number of rotatable bonds is 4. The Morgan fingerprint density at radius 1 is 1.35 bits per heavy atom. The van der Waals surface area contributed by atoms with Crippen LogP contribution in [-0.4, -0.2) is 23.2 Å². The Hall–Kier alpha value is -0.610. The molecule has 1 N–H and O–H groups in total. The highest BCUT2D eigenvalue weighted by atomic mass is 35.5. The standard InChI is InChI=1S/C12H21N3O.ClH/c1-9(13-2)8-11-14-12(16-15-11)10-6-4-3-5-7-10;/h9-10,13H,3-8H2,1-2H3;1H. The van der Waals surface area contributed by atoms with Gasteiger partial charge in [-0.05, 0) is 26.8 Å². The Morgan fingerprint density at radius 3 is 2.71 bits per heavy atom. The fourth-order valence-corrected chi connectivity index (χ4v) is 2.24. The predicted molar refractivity (Wildman–Crippen MR) is 69.6 cm³/mol. The van der Waals surface area contributed by atoms with Crippen LogP contribution in [0.4, 0.5) is 0 Å². The molecular formula is C12H22ClN3O. The molecule has 1 saturated carbocycles. The molecule has 1 aromatic rings. The van der Waals surface area contributed by atoms with Gasteiger partial charge in [0.05, 0.1) is 0 Å². The molecule has 1 unspecified atom stereocenters. The van der Waals surface area contributed by atoms with Crippen LogP contribution in [0.3, 0.4) is 0 Å². The lowest BCUT2D eigenvalue weighted by Crippen LogP contribution is -2.24. The quantitative estimate of drug-likeness (QED) is 0.903. The van der Waals surface area contributed by atoms with Crippen molar-refractivity contribution in [2.24, 2.45) is 0 Å². The molecule has 5 heteroatoms. The minimum atomic E-state index is 0. The second-order valence-corrected chi connectivity index (χ2v) is 4.78. The number of aromatic nitrogens is 2. The summed E-state index contributed by atoms with van der Waals surface area (Å²) < 4.78 is 5.36. The maximum atomic E-state index is 5.36. The van der Waals surface area contributed by atoms with Crippen LogP contribution in [0, 0.1) is 0 Å². The van der Waals surface area contributed by atoms with Crippen molar-refractivity contribution in [1.82, 2.24) is 15.5 Å². The van der Waals surface area contributed by atoms with E-state index in [9.17, 15) is 0 Å². The molecule has 0 bridgehead atoms. The summed E-state index contributed by atoms with van der Waals surface area (Å²) in [6.07, 6.45) is 7.22. The highest BCUT2D eigenvalue weighted by molar-refractivity contribution is 5.85. The third kappa shape index (κ3) is 3.96. The minimum absolute atomic E-state index is 0. The molecule has 1 aliphatic carbocycles. The second kappa shape index (κ2) is 6.97. The predicted octanol–water partition coefficient (Wildman–Crippen LogP) is 2.69. The molecule has 4 nitrogen and oxygen atoms in total. The zero-order valence-electron chi connectivity index (χ0n) is 10.6. The molecule has 0 radical (unpaired) electrons. The summed E-state index contributed by atoms with van der Waals surface area (Å²) in [5, 5.41) is 7.23. The van der Waals surface area contributed by atoms with Crippen LogP contribution in [-0.2, 0) is 6.42 Å². The third-order valence-corrected chi connectivity index (χ3v) is 3.42. The van der Waals surface area contributed by atoms with Gasteiger partial charge >= 0.3 is 0 Å². The molecule has 98 valence electrons. The van der Waals surface area contributed by atoms with E-state index in [2.05, 4.69) is 22.4 Å². The monoisotopic (exact) mass is 259 g/mol. The van der Waals surface area contributed by atoms with E-state index in [1.54, 1.807) is 0 Å². The molecule has 0 aliphatic heterocycles. The molecule has 0 amide bonds. The summed E-state index contributed by atoms with van der Waals surface area (Å²) in [7, 11) is 1.95. The van der Waals surface area contributed by atoms with E-state index in [1.165, 1.54) is 32.1 Å². The molecule has 1 aromatic heterocycles. The zero-order valence-corrected chi connectivity index (χ0v) is 11.4. The van der Waals surface area contributed by atoms with Crippen molar-refractivity contribution in [2.45, 2.75) is 57.4 Å². The number of hydrogen-bond acceptors (Lipinski definition) is 4. The van der Waals surface area contributed by atoms with Crippen molar-refractivity contribution in [1.29, 1.82) is 0 Å². The van der Waals surface area contributed by atoms with Crippen LogP contribution >= 0.6 is 12.4 Å². The number of hydrogen-bond donors (Lipinski definition) is 1. The van der Waals surface area contributed by atoms with E-state index in [1.807, 2.05) is 7.05 Å². The van der Waals surface area contributed by atoms with Crippen molar-refractivity contribution in [3.63, 3.8) is 0 Å². The third-order valence-electron chi connectivity index (χ3n) is 3.42. The molecule has 2 rings (SSSR count). The molecule has 1 heterocycles. The van der Waals surface area contributed by atoms with Gasteiger partial charge in [-0.25, -0.2) is 0 Å². The van der Waals surface area contributed by atoms with E-state index in [0.717, 1.165) is 18.1 Å². The van der Waals surface area contributed by atoms with Gasteiger partial charge in [0.15, 0.2) is 5.82 Å². The average Bonchev–Trinajstić information content (AvgIpc) is 2.78. The van der Waals surface area contributed by atoms with Crippen molar-refractivity contribution in [3.05, 3.63) is 11.7 Å². The number of nitrogens with zero attached hydrogens (tertiary/aromatic N) is 2. The van der Waals surface area contributed by atoms with Crippen molar-refractivity contribution in [3.8, 4) is 0 Å². The summed E-state index contributed by atoms with van der Waals surface area (Å²) in [5.41, 5.74) is 0. The van der Waals surface area contributed by atoms with Gasteiger partial charge in [-0.3, -0.25) is 0 Å². The van der Waals surface area contributed by atoms with Crippen LogP contribution in [0.25, 0.3) is 0 Å². The maximum absolute atomic E-state index is 5.36. The van der Waals surface area contributed by atoms with Crippen LogP contribution in [0.5, 0.6) is 0 Å². The van der Waals surface area contributed by atoms with Gasteiger partial charge < -0.3 is 9.84 Å². The maximum Gasteiger partial charge on any atom is 0.229 e. The number of likely N-dealkylation sites (N-methyl/N-ethyl adjacent to an activating group) is 1. The van der Waals surface area contributed by atoms with Gasteiger partial charge in [-0.15, -0.1) is 12.4 Å². The molecule has 0 aromatic carbocycles. The van der Waals surface area contributed by atoms with Gasteiger partial charge in [0.1, 0.15) is 0 Å². The first-order chi connectivity index (χ1) is 7.79. The van der Waals surface area contributed by atoms with Gasteiger partial charge in [0.2, 0.25) is 5.89 Å². The molecule has 0 saturated heterocycles. The van der Waals surface area contributed by atoms with Crippen LogP contribution < -0.4 is 5.32 Å². The fourth-order valence-electron chi connectivity index (χ4n) is 2.24. The molecule has 1 fully saturated rings. The SMILES string of the molecule is CNC(C)Cc1noc(C2CCCCC2)n1.Cl. The Morgan fingerprint density at radius 2 is 2.06 bits per heavy atom. The average molecular weight is 260 g/mol. The highest BCUT2D eigenvalue weighted by Crippen LogP contribution is 2.31. The van der Waals surface area contributed by atoms with E-state index < -0.39 is 0 Å². The lowest BCUT2D eigenvalue weighted by Gasteiger charge is -2.17. The summed E-state index contributed by atoms with van der Waals surface area (Å²) in [4.78, 5) is 4.50. The van der Waals surface area contributed by atoms with E-state index in [0.29, 0.717) is 12.0 Å². The first-order valence-corrected chi connectivity index (χ1v) is 6.29. The van der Waals surface area contributed by atoms with Crippen molar-refractivity contribution < 1.29 is 4.52 Å². The molecule has 17 heavy (non-hydrogen) atoms. The topological polar surface area (TPSA) is 51.0 Å². The van der Waals surface area contributed by atoms with Crippen molar-refractivity contribution in [2.75, 3.05) is 7.05 Å². The summed E-state index contributed by atoms with van der Waals surface area (Å²) >= 11 is 0. The largest absolute Gasteiger partial charge is 0.339 e. The summed E-state index contributed by atoms with van der Waals surface area (Å²) in [5.74, 6) is 2.21. The van der Waals surface area contributed by atoms with E-state index in [4.69, 9.17) is 4.52 Å². The summed E-state index contributed by atoms with van der Waals surface area (Å²) in [6.45, 7) is 2.12. The number of halogens is 1. The lowest BCUT2D eigenvalue weighted by molar-refractivity contribution is 0.311. The highest BCUT2D eigenvalue weighted by Gasteiger charge is 2.21.